The van der Waals surface area contributed by atoms with Gasteiger partial charge in [-0.25, -0.2) is 4.79 Å². The summed E-state index contributed by atoms with van der Waals surface area (Å²) in [7, 11) is 4.99. The van der Waals surface area contributed by atoms with Crippen molar-refractivity contribution in [2.45, 2.75) is 81.8 Å². The van der Waals surface area contributed by atoms with E-state index in [4.69, 9.17) is 4.74 Å². The van der Waals surface area contributed by atoms with E-state index in [1.165, 1.54) is 21.6 Å². The van der Waals surface area contributed by atoms with E-state index in [1.54, 1.807) is 41.2 Å². The first kappa shape index (κ1) is 37.3. The van der Waals surface area contributed by atoms with Gasteiger partial charge in [0.25, 0.3) is 0 Å². The highest BCUT2D eigenvalue weighted by atomic mass is 32.2. The van der Waals surface area contributed by atoms with Crippen molar-refractivity contribution in [3.05, 3.63) is 70.3 Å². The normalized spacial score (nSPS) is 21.4. The molecule has 1 heterocycles. The molecule has 46 heavy (non-hydrogen) atoms. The molecule has 5 N–H and O–H groups in total. The van der Waals surface area contributed by atoms with Crippen molar-refractivity contribution < 1.29 is 34.4 Å². The molecule has 4 amide bonds. The van der Waals surface area contributed by atoms with Gasteiger partial charge in [-0.3, -0.25) is 9.59 Å². The van der Waals surface area contributed by atoms with E-state index in [0.29, 0.717) is 25.8 Å². The quantitative estimate of drug-likeness (QED) is 0.220. The summed E-state index contributed by atoms with van der Waals surface area (Å²) in [5, 5.41) is 36.8. The summed E-state index contributed by atoms with van der Waals surface area (Å²) in [4.78, 5) is 40.2. The molecule has 0 unspecified atom stereocenters. The van der Waals surface area contributed by atoms with Crippen molar-refractivity contribution in [1.29, 1.82) is 0 Å². The zero-order valence-corrected chi connectivity index (χ0v) is 28.8. The number of rotatable bonds is 13. The van der Waals surface area contributed by atoms with Crippen LogP contribution < -0.4 is 10.6 Å². The molecule has 0 aromatic heterocycles. The highest BCUT2D eigenvalue weighted by molar-refractivity contribution is 7.99. The van der Waals surface area contributed by atoms with Crippen LogP contribution in [0.5, 0.6) is 0 Å². The average molecular weight is 659 g/mol. The Labute approximate surface area is 276 Å². The number of thioether (sulfide) groups is 1. The highest BCUT2D eigenvalue weighted by Gasteiger charge is 2.44. The first-order valence-corrected chi connectivity index (χ1v) is 16.8. The standard InChI is InChI=1S/C34H50N4O7S/c1-21-11-16-24(30-28(41)27(40)29(42)31(45-30)46-7)20-25(21)19-23-14-12-22(13-15-23)9-8-10-26(39)36-34(2,3)32(43)35-17-18-38(6)33(44)37(4)5/h11-16,20,27-31,40-42H,8-10,17-19H2,1-7H3,(H,35,43)(H,36,39)/t27-,28-,29+,30+,31-/m1/s1. The molecule has 5 atom stereocenters. The average Bonchev–Trinajstić information content (AvgIpc) is 3.01. The van der Waals surface area contributed by atoms with Crippen LogP contribution in [0.15, 0.2) is 42.5 Å². The molecule has 0 radical (unpaired) electrons. The van der Waals surface area contributed by atoms with E-state index in [9.17, 15) is 29.7 Å². The number of carbonyl (C=O) groups excluding carboxylic acids is 3. The summed E-state index contributed by atoms with van der Waals surface area (Å²) in [6.07, 6.45) is -0.370. The van der Waals surface area contributed by atoms with Crippen molar-refractivity contribution in [1.82, 2.24) is 20.4 Å². The van der Waals surface area contributed by atoms with Gasteiger partial charge in [0.05, 0.1) is 0 Å². The number of amides is 4. The number of carbonyl (C=O) groups is 3. The molecular weight excluding hydrogens is 608 g/mol. The topological polar surface area (TPSA) is 152 Å². The van der Waals surface area contributed by atoms with Crippen LogP contribution >= 0.6 is 11.8 Å². The third kappa shape index (κ3) is 9.92. The molecular formula is C34H50N4O7S. The maximum absolute atomic E-state index is 12.7. The molecule has 1 aliphatic heterocycles. The van der Waals surface area contributed by atoms with Crippen molar-refractivity contribution in [2.75, 3.05) is 40.5 Å². The van der Waals surface area contributed by atoms with Crippen LogP contribution in [0.2, 0.25) is 0 Å². The number of benzene rings is 2. The minimum atomic E-state index is -1.30. The molecule has 1 fully saturated rings. The minimum Gasteiger partial charge on any atom is -0.387 e. The molecule has 12 heteroatoms. The predicted octanol–water partition coefficient (Wildman–Crippen LogP) is 2.38. The van der Waals surface area contributed by atoms with Gasteiger partial charge in [-0.2, -0.15) is 0 Å². The lowest BCUT2D eigenvalue weighted by atomic mass is 9.91. The Kier molecular flexibility index (Phi) is 13.5. The van der Waals surface area contributed by atoms with Gasteiger partial charge in [-0.1, -0.05) is 42.5 Å². The van der Waals surface area contributed by atoms with Gasteiger partial charge < -0.3 is 40.5 Å². The fourth-order valence-electron chi connectivity index (χ4n) is 5.34. The third-order valence-electron chi connectivity index (χ3n) is 8.25. The van der Waals surface area contributed by atoms with Crippen LogP contribution in [0, 0.1) is 6.92 Å². The summed E-state index contributed by atoms with van der Waals surface area (Å²) in [5.41, 5.74) is 3.39. The first-order valence-electron chi connectivity index (χ1n) is 15.6. The third-order valence-corrected chi connectivity index (χ3v) is 9.11. The molecule has 1 saturated heterocycles. The van der Waals surface area contributed by atoms with E-state index < -0.39 is 35.4 Å². The van der Waals surface area contributed by atoms with Crippen molar-refractivity contribution >= 4 is 29.6 Å². The Bertz CT molecular complexity index is 1340. The second kappa shape index (κ2) is 16.6. The van der Waals surface area contributed by atoms with Crippen molar-refractivity contribution in [3.63, 3.8) is 0 Å². The molecule has 0 bridgehead atoms. The largest absolute Gasteiger partial charge is 0.387 e. The maximum Gasteiger partial charge on any atom is 0.319 e. The van der Waals surface area contributed by atoms with Crippen LogP contribution in [0.25, 0.3) is 0 Å². The molecule has 0 aliphatic carbocycles. The molecule has 0 saturated carbocycles. The number of likely N-dealkylation sites (N-methyl/N-ethyl adjacent to an activating group) is 1. The van der Waals surface area contributed by atoms with E-state index in [0.717, 1.165) is 27.8 Å². The predicted molar refractivity (Wildman–Crippen MR) is 179 cm³/mol. The van der Waals surface area contributed by atoms with E-state index in [2.05, 4.69) is 34.9 Å². The van der Waals surface area contributed by atoms with Crippen molar-refractivity contribution in [3.8, 4) is 0 Å². The summed E-state index contributed by atoms with van der Waals surface area (Å²) >= 11 is 1.29. The van der Waals surface area contributed by atoms with Crippen LogP contribution in [-0.4, -0.2) is 113 Å². The lowest BCUT2D eigenvalue weighted by Gasteiger charge is -2.40. The molecule has 0 spiro atoms. The van der Waals surface area contributed by atoms with Gasteiger partial charge in [-0.05, 0) is 74.1 Å². The first-order chi connectivity index (χ1) is 21.6. The van der Waals surface area contributed by atoms with E-state index >= 15 is 0 Å². The Morgan fingerprint density at radius 2 is 1.61 bits per heavy atom. The molecule has 2 aromatic carbocycles. The van der Waals surface area contributed by atoms with Gasteiger partial charge in [-0.15, -0.1) is 11.8 Å². The number of aryl methyl sites for hydroxylation is 2. The number of hydrogen-bond acceptors (Lipinski definition) is 8. The zero-order valence-electron chi connectivity index (χ0n) is 27.9. The van der Waals surface area contributed by atoms with Crippen LogP contribution in [-0.2, 0) is 27.2 Å². The van der Waals surface area contributed by atoms with Crippen molar-refractivity contribution in [2.24, 2.45) is 0 Å². The van der Waals surface area contributed by atoms with Gasteiger partial charge >= 0.3 is 6.03 Å². The monoisotopic (exact) mass is 658 g/mol. The Hall–Kier alpha value is -3.16. The van der Waals surface area contributed by atoms with Crippen LogP contribution in [0.1, 0.15) is 60.6 Å². The molecule has 254 valence electrons. The fraction of sp³-hybridized carbons (Fsp3) is 0.559. The number of aliphatic hydroxyl groups excluding tert-OH is 3. The summed E-state index contributed by atoms with van der Waals surface area (Å²) < 4.78 is 5.95. The highest BCUT2D eigenvalue weighted by Crippen LogP contribution is 2.36. The Balaban J connectivity index is 1.48. The number of nitrogens with one attached hydrogen (secondary N) is 2. The lowest BCUT2D eigenvalue weighted by molar-refractivity contribution is -0.200. The Morgan fingerprint density at radius 3 is 2.24 bits per heavy atom. The molecule has 1 aliphatic rings. The number of hydrogen-bond donors (Lipinski definition) is 5. The lowest BCUT2D eigenvalue weighted by Crippen LogP contribution is -2.55. The van der Waals surface area contributed by atoms with Crippen LogP contribution in [0.3, 0.4) is 0 Å². The second-order valence-electron chi connectivity index (χ2n) is 12.7. The van der Waals surface area contributed by atoms with Gasteiger partial charge in [0.1, 0.15) is 35.4 Å². The fourth-order valence-corrected chi connectivity index (χ4v) is 6.01. The summed E-state index contributed by atoms with van der Waals surface area (Å²) in [5.74, 6) is -0.518. The minimum absolute atomic E-state index is 0.155. The van der Waals surface area contributed by atoms with Gasteiger partial charge in [0, 0.05) is 40.7 Å². The maximum atomic E-state index is 12.7. The Morgan fingerprint density at radius 1 is 0.957 bits per heavy atom. The smallest absolute Gasteiger partial charge is 0.319 e. The van der Waals surface area contributed by atoms with E-state index in [-0.39, 0.29) is 30.8 Å². The number of nitrogens with zero attached hydrogens (tertiary/aromatic N) is 2. The molecule has 2 aromatic rings. The summed E-state index contributed by atoms with van der Waals surface area (Å²) in [6, 6.07) is 13.9. The number of aliphatic hydroxyl groups is 3. The molecule has 3 rings (SSSR count). The second-order valence-corrected chi connectivity index (χ2v) is 13.6. The SMILES string of the molecule is CS[C@H]1O[C@@H](c2ccc(C)c(Cc3ccc(CCCC(=O)NC(C)(C)C(=O)NCCN(C)C(=O)N(C)C)cc3)c2)[C@H](O)[C@@H](O)[C@@H]1O. The molecule has 11 nitrogen and oxygen atoms in total. The summed E-state index contributed by atoms with van der Waals surface area (Å²) in [6.45, 7) is 5.97. The zero-order chi connectivity index (χ0) is 34.2. The number of ether oxygens (including phenoxy) is 1. The number of urea groups is 1. The van der Waals surface area contributed by atoms with Gasteiger partial charge in [0.15, 0.2) is 0 Å². The van der Waals surface area contributed by atoms with Gasteiger partial charge in [0.2, 0.25) is 11.8 Å². The van der Waals surface area contributed by atoms with E-state index in [1.807, 2.05) is 25.1 Å². The van der Waals surface area contributed by atoms with Crippen LogP contribution in [0.4, 0.5) is 4.79 Å².